The summed E-state index contributed by atoms with van der Waals surface area (Å²) in [4.78, 5) is 11.8. The molecule has 0 fully saturated rings. The zero-order valence-electron chi connectivity index (χ0n) is 10.4. The van der Waals surface area contributed by atoms with E-state index >= 15 is 0 Å². The van der Waals surface area contributed by atoms with Gasteiger partial charge < -0.3 is 5.32 Å². The Kier molecular flexibility index (Phi) is 4.32. The highest BCUT2D eigenvalue weighted by Gasteiger charge is 2.05. The number of anilines is 1. The van der Waals surface area contributed by atoms with E-state index in [1.165, 1.54) is 12.1 Å². The van der Waals surface area contributed by atoms with Gasteiger partial charge in [-0.3, -0.25) is 4.79 Å². The number of carbonyl (C=O) groups excluding carboxylic acids is 1. The number of nitrogens with one attached hydrogen (secondary N) is 1. The second kappa shape index (κ2) is 5.97. The van der Waals surface area contributed by atoms with Crippen LogP contribution in [0.1, 0.15) is 11.1 Å². The van der Waals surface area contributed by atoms with E-state index < -0.39 is 0 Å². The zero-order valence-corrected chi connectivity index (χ0v) is 12.0. The van der Waals surface area contributed by atoms with Crippen molar-refractivity contribution in [3.8, 4) is 0 Å². The summed E-state index contributed by atoms with van der Waals surface area (Å²) in [6.07, 6.45) is 0.228. The molecule has 0 heterocycles. The molecular formula is C15H13BrFNO. The molecule has 2 aromatic carbocycles. The van der Waals surface area contributed by atoms with Crippen LogP contribution in [0.3, 0.4) is 0 Å². The van der Waals surface area contributed by atoms with Crippen LogP contribution >= 0.6 is 15.9 Å². The summed E-state index contributed by atoms with van der Waals surface area (Å²) < 4.78 is 13.7. The Hall–Kier alpha value is -1.68. The van der Waals surface area contributed by atoms with E-state index in [4.69, 9.17) is 0 Å². The molecular weight excluding hydrogens is 309 g/mol. The summed E-state index contributed by atoms with van der Waals surface area (Å²) in [5, 5.41) is 2.81. The quantitative estimate of drug-likeness (QED) is 0.906. The Morgan fingerprint density at radius 3 is 2.53 bits per heavy atom. The molecule has 0 saturated carbocycles. The standard InChI is InChI=1S/C15H13BrFNO/c1-10-2-7-13(9-14(10)16)18-15(19)8-11-3-5-12(17)6-4-11/h2-7,9H,8H2,1H3,(H,18,19). The zero-order chi connectivity index (χ0) is 13.8. The molecule has 0 aromatic heterocycles. The highest BCUT2D eigenvalue weighted by molar-refractivity contribution is 9.10. The van der Waals surface area contributed by atoms with Gasteiger partial charge in [0.05, 0.1) is 6.42 Å². The minimum atomic E-state index is -0.299. The maximum absolute atomic E-state index is 12.7. The van der Waals surface area contributed by atoms with Gasteiger partial charge in [0.15, 0.2) is 0 Å². The molecule has 0 saturated heterocycles. The van der Waals surface area contributed by atoms with Crippen LogP contribution < -0.4 is 5.32 Å². The summed E-state index contributed by atoms with van der Waals surface area (Å²) in [7, 11) is 0. The number of rotatable bonds is 3. The highest BCUT2D eigenvalue weighted by Crippen LogP contribution is 2.20. The van der Waals surface area contributed by atoms with Crippen LogP contribution in [0.2, 0.25) is 0 Å². The monoisotopic (exact) mass is 321 g/mol. The average Bonchev–Trinajstić information content (AvgIpc) is 2.37. The van der Waals surface area contributed by atoms with Crippen LogP contribution in [-0.2, 0) is 11.2 Å². The predicted molar refractivity (Wildman–Crippen MR) is 77.6 cm³/mol. The SMILES string of the molecule is Cc1ccc(NC(=O)Cc2ccc(F)cc2)cc1Br. The molecule has 4 heteroatoms. The van der Waals surface area contributed by atoms with E-state index in [9.17, 15) is 9.18 Å². The summed E-state index contributed by atoms with van der Waals surface area (Å²) in [6.45, 7) is 1.98. The average molecular weight is 322 g/mol. The van der Waals surface area contributed by atoms with E-state index in [0.29, 0.717) is 0 Å². The van der Waals surface area contributed by atoms with Gasteiger partial charge >= 0.3 is 0 Å². The van der Waals surface area contributed by atoms with Gasteiger partial charge in [0.25, 0.3) is 0 Å². The van der Waals surface area contributed by atoms with Crippen LogP contribution in [0, 0.1) is 12.7 Å². The summed E-state index contributed by atoms with van der Waals surface area (Å²) in [6, 6.07) is 11.6. The van der Waals surface area contributed by atoms with Crippen LogP contribution in [0.5, 0.6) is 0 Å². The molecule has 0 aliphatic carbocycles. The lowest BCUT2D eigenvalue weighted by atomic mass is 10.1. The first-order valence-electron chi connectivity index (χ1n) is 5.85. The Morgan fingerprint density at radius 1 is 1.21 bits per heavy atom. The van der Waals surface area contributed by atoms with Gasteiger partial charge in [0, 0.05) is 10.2 Å². The predicted octanol–water partition coefficient (Wildman–Crippen LogP) is 4.08. The van der Waals surface area contributed by atoms with Gasteiger partial charge in [-0.25, -0.2) is 4.39 Å². The minimum Gasteiger partial charge on any atom is -0.326 e. The van der Waals surface area contributed by atoms with Gasteiger partial charge in [0.1, 0.15) is 5.82 Å². The summed E-state index contributed by atoms with van der Waals surface area (Å²) in [5.74, 6) is -0.422. The minimum absolute atomic E-state index is 0.123. The first-order valence-corrected chi connectivity index (χ1v) is 6.64. The van der Waals surface area contributed by atoms with Gasteiger partial charge in [-0.1, -0.05) is 34.1 Å². The second-order valence-electron chi connectivity index (χ2n) is 4.32. The number of halogens is 2. The molecule has 0 bridgehead atoms. The van der Waals surface area contributed by atoms with Crippen LogP contribution in [-0.4, -0.2) is 5.91 Å². The van der Waals surface area contributed by atoms with Crippen molar-refractivity contribution >= 4 is 27.5 Å². The maximum Gasteiger partial charge on any atom is 0.228 e. The van der Waals surface area contributed by atoms with Gasteiger partial charge in [-0.2, -0.15) is 0 Å². The Morgan fingerprint density at radius 2 is 1.89 bits per heavy atom. The fraction of sp³-hybridized carbons (Fsp3) is 0.133. The number of hydrogen-bond acceptors (Lipinski definition) is 1. The van der Waals surface area contributed by atoms with Crippen molar-refractivity contribution in [1.82, 2.24) is 0 Å². The third-order valence-corrected chi connectivity index (χ3v) is 3.59. The fourth-order valence-electron chi connectivity index (χ4n) is 1.66. The van der Waals surface area contributed by atoms with Gasteiger partial charge in [-0.15, -0.1) is 0 Å². The third kappa shape index (κ3) is 3.89. The van der Waals surface area contributed by atoms with Crippen molar-refractivity contribution < 1.29 is 9.18 Å². The van der Waals surface area contributed by atoms with Crippen molar-refractivity contribution in [3.05, 3.63) is 63.9 Å². The molecule has 19 heavy (non-hydrogen) atoms. The fourth-order valence-corrected chi connectivity index (χ4v) is 2.04. The largest absolute Gasteiger partial charge is 0.326 e. The summed E-state index contributed by atoms with van der Waals surface area (Å²) in [5.41, 5.74) is 2.63. The first kappa shape index (κ1) is 13.7. The highest BCUT2D eigenvalue weighted by atomic mass is 79.9. The van der Waals surface area contributed by atoms with Crippen molar-refractivity contribution in [3.63, 3.8) is 0 Å². The van der Waals surface area contributed by atoms with Crippen molar-refractivity contribution in [2.75, 3.05) is 5.32 Å². The maximum atomic E-state index is 12.7. The lowest BCUT2D eigenvalue weighted by Gasteiger charge is -2.07. The molecule has 2 rings (SSSR count). The lowest BCUT2D eigenvalue weighted by molar-refractivity contribution is -0.115. The Labute approximate surface area is 119 Å². The number of hydrogen-bond donors (Lipinski definition) is 1. The molecule has 2 aromatic rings. The molecule has 1 amide bonds. The number of benzene rings is 2. The first-order chi connectivity index (χ1) is 9.04. The van der Waals surface area contributed by atoms with Gasteiger partial charge in [-0.05, 0) is 42.3 Å². The van der Waals surface area contributed by atoms with Gasteiger partial charge in [0.2, 0.25) is 5.91 Å². The van der Waals surface area contributed by atoms with Crippen molar-refractivity contribution in [1.29, 1.82) is 0 Å². The number of carbonyl (C=O) groups is 1. The topological polar surface area (TPSA) is 29.1 Å². The molecule has 0 aliphatic heterocycles. The molecule has 0 radical (unpaired) electrons. The number of amides is 1. The lowest BCUT2D eigenvalue weighted by Crippen LogP contribution is -2.14. The van der Waals surface area contributed by atoms with E-state index in [1.807, 2.05) is 25.1 Å². The van der Waals surface area contributed by atoms with Crippen LogP contribution in [0.4, 0.5) is 10.1 Å². The van der Waals surface area contributed by atoms with E-state index in [-0.39, 0.29) is 18.1 Å². The normalized spacial score (nSPS) is 10.3. The van der Waals surface area contributed by atoms with E-state index in [1.54, 1.807) is 12.1 Å². The molecule has 2 nitrogen and oxygen atoms in total. The van der Waals surface area contributed by atoms with Crippen molar-refractivity contribution in [2.45, 2.75) is 13.3 Å². The molecule has 0 unspecified atom stereocenters. The summed E-state index contributed by atoms with van der Waals surface area (Å²) >= 11 is 3.42. The molecule has 0 atom stereocenters. The smallest absolute Gasteiger partial charge is 0.228 e. The van der Waals surface area contributed by atoms with Crippen molar-refractivity contribution in [2.24, 2.45) is 0 Å². The molecule has 1 N–H and O–H groups in total. The Balaban J connectivity index is 2.01. The molecule has 0 aliphatic rings. The van der Waals surface area contributed by atoms with E-state index in [2.05, 4.69) is 21.2 Å². The molecule has 0 spiro atoms. The van der Waals surface area contributed by atoms with E-state index in [0.717, 1.165) is 21.3 Å². The second-order valence-corrected chi connectivity index (χ2v) is 5.17. The third-order valence-electron chi connectivity index (χ3n) is 2.73. The van der Waals surface area contributed by atoms with Crippen LogP contribution in [0.15, 0.2) is 46.9 Å². The van der Waals surface area contributed by atoms with Crippen LogP contribution in [0.25, 0.3) is 0 Å². The molecule has 98 valence electrons. The number of aryl methyl sites for hydroxylation is 1. The Bertz CT molecular complexity index is 596.